The van der Waals surface area contributed by atoms with Gasteiger partial charge in [-0.25, -0.2) is 0 Å². The SMILES string of the molecule is CC(C)[N-]C(C)C.CCC[CH2][Al+][CH2]CCC. The van der Waals surface area contributed by atoms with Crippen LogP contribution in [0.3, 0.4) is 0 Å². The van der Waals surface area contributed by atoms with E-state index in [1.165, 1.54) is 36.2 Å². The van der Waals surface area contributed by atoms with Crippen molar-refractivity contribution in [3.63, 3.8) is 0 Å². The van der Waals surface area contributed by atoms with Gasteiger partial charge in [0.15, 0.2) is 0 Å². The van der Waals surface area contributed by atoms with Crippen LogP contribution in [0.2, 0.25) is 10.6 Å². The van der Waals surface area contributed by atoms with Crippen LogP contribution >= 0.6 is 0 Å². The topological polar surface area (TPSA) is 14.1 Å². The van der Waals surface area contributed by atoms with Crippen molar-refractivity contribution in [2.75, 3.05) is 0 Å². The Kier molecular flexibility index (Phi) is 18.2. The van der Waals surface area contributed by atoms with E-state index in [1.807, 2.05) is 0 Å². The molecule has 0 aromatic heterocycles. The third-order valence-electron chi connectivity index (χ3n) is 2.12. The van der Waals surface area contributed by atoms with E-state index < -0.39 is 0 Å². The number of unbranched alkanes of at least 4 members (excludes halogenated alkanes) is 2. The first-order valence-electron chi connectivity index (χ1n) is 7.06. The molecule has 96 valence electrons. The minimum atomic E-state index is 0.500. The number of hydrogen-bond acceptors (Lipinski definition) is 0. The summed E-state index contributed by atoms with van der Waals surface area (Å²) in [6.45, 7) is 12.9. The average Bonchev–Trinajstić information content (AvgIpc) is 2.16. The van der Waals surface area contributed by atoms with Crippen LogP contribution in [0.25, 0.3) is 5.32 Å². The predicted molar refractivity (Wildman–Crippen MR) is 78.8 cm³/mol. The monoisotopic (exact) mass is 241 g/mol. The Bertz CT molecular complexity index is 101. The third kappa shape index (κ3) is 24.0. The van der Waals surface area contributed by atoms with Crippen molar-refractivity contribution < 1.29 is 0 Å². The van der Waals surface area contributed by atoms with Crippen LogP contribution in [0.1, 0.15) is 67.2 Å². The Labute approximate surface area is 110 Å². The zero-order valence-electron chi connectivity index (χ0n) is 12.4. The van der Waals surface area contributed by atoms with Gasteiger partial charge in [0.25, 0.3) is 0 Å². The summed E-state index contributed by atoms with van der Waals surface area (Å²) in [4.78, 5) is 0. The summed E-state index contributed by atoms with van der Waals surface area (Å²) >= 11 is 0.818. The van der Waals surface area contributed by atoms with Gasteiger partial charge in [0.05, 0.1) is 0 Å². The van der Waals surface area contributed by atoms with Gasteiger partial charge in [-0.3, -0.25) is 0 Å². The Morgan fingerprint density at radius 2 is 1.19 bits per heavy atom. The fraction of sp³-hybridized carbons (Fsp3) is 1.00. The molecule has 0 aliphatic rings. The van der Waals surface area contributed by atoms with Crippen molar-refractivity contribution in [3.8, 4) is 0 Å². The first-order valence-corrected chi connectivity index (χ1v) is 8.69. The van der Waals surface area contributed by atoms with Gasteiger partial charge < -0.3 is 5.32 Å². The molecule has 2 heteroatoms. The molecular formula is C14H32AlN. The van der Waals surface area contributed by atoms with Crippen LogP contribution in [0, 0.1) is 0 Å². The van der Waals surface area contributed by atoms with Crippen LogP contribution in [0.5, 0.6) is 0 Å². The van der Waals surface area contributed by atoms with Gasteiger partial charge in [-0.1, -0.05) is 27.7 Å². The van der Waals surface area contributed by atoms with Crippen LogP contribution < -0.4 is 0 Å². The summed E-state index contributed by atoms with van der Waals surface area (Å²) < 4.78 is 0. The zero-order valence-corrected chi connectivity index (χ0v) is 13.6. The molecule has 0 fully saturated rings. The van der Waals surface area contributed by atoms with E-state index in [4.69, 9.17) is 0 Å². The van der Waals surface area contributed by atoms with Crippen molar-refractivity contribution in [1.82, 2.24) is 0 Å². The van der Waals surface area contributed by atoms with Crippen molar-refractivity contribution in [2.45, 2.75) is 89.9 Å². The van der Waals surface area contributed by atoms with Crippen molar-refractivity contribution in [1.29, 1.82) is 0 Å². The molecule has 0 spiro atoms. The van der Waals surface area contributed by atoms with Gasteiger partial charge in [0.2, 0.25) is 0 Å². The number of hydrogen-bond donors (Lipinski definition) is 0. The summed E-state index contributed by atoms with van der Waals surface area (Å²) in [6, 6.07) is 1.000. The van der Waals surface area contributed by atoms with Gasteiger partial charge in [-0.15, -0.1) is 12.1 Å². The van der Waals surface area contributed by atoms with E-state index >= 15 is 0 Å². The molecule has 0 aliphatic carbocycles. The summed E-state index contributed by atoms with van der Waals surface area (Å²) in [5, 5.41) is 7.35. The molecule has 1 nitrogen and oxygen atoms in total. The Balaban J connectivity index is 0. The molecule has 0 amide bonds. The summed E-state index contributed by atoms with van der Waals surface area (Å²) in [5.74, 6) is 0. The van der Waals surface area contributed by atoms with E-state index in [-0.39, 0.29) is 0 Å². The van der Waals surface area contributed by atoms with Crippen LogP contribution in [0.4, 0.5) is 0 Å². The Hall–Kier alpha value is 0.492. The fourth-order valence-electron chi connectivity index (χ4n) is 1.44. The first-order chi connectivity index (χ1) is 7.54. The molecular weight excluding hydrogens is 209 g/mol. The van der Waals surface area contributed by atoms with Gasteiger partial charge >= 0.3 is 65.3 Å². The standard InChI is InChI=1S/C6H14N.2C4H9.Al/c1-5(2)7-6(3)4;2*1-3-4-2;/h5-6H,1-4H3;2*1,3-4H2,2H3;/q-1;;;+1. The maximum absolute atomic E-state index is 4.28. The molecule has 0 N–H and O–H groups in total. The molecule has 0 heterocycles. The normalized spacial score (nSPS) is 10.0. The molecule has 0 saturated carbocycles. The van der Waals surface area contributed by atoms with Crippen molar-refractivity contribution in [2.24, 2.45) is 0 Å². The average molecular weight is 241 g/mol. The van der Waals surface area contributed by atoms with Gasteiger partial charge in [-0.05, 0) is 0 Å². The molecule has 0 atom stereocenters. The van der Waals surface area contributed by atoms with E-state index in [0.717, 1.165) is 15.2 Å². The second-order valence-electron chi connectivity index (χ2n) is 4.91. The van der Waals surface area contributed by atoms with E-state index in [9.17, 15) is 0 Å². The molecule has 0 unspecified atom stereocenters. The summed E-state index contributed by atoms with van der Waals surface area (Å²) in [7, 11) is 0. The summed E-state index contributed by atoms with van der Waals surface area (Å²) in [6.07, 6.45) is 5.72. The molecule has 0 rings (SSSR count). The minimum absolute atomic E-state index is 0.500. The van der Waals surface area contributed by atoms with E-state index in [2.05, 4.69) is 46.9 Å². The maximum atomic E-state index is 4.28. The molecule has 0 saturated heterocycles. The van der Waals surface area contributed by atoms with Gasteiger partial charge in [0.1, 0.15) is 0 Å². The second kappa shape index (κ2) is 15.5. The zero-order chi connectivity index (χ0) is 12.8. The van der Waals surface area contributed by atoms with E-state index in [0.29, 0.717) is 12.1 Å². The van der Waals surface area contributed by atoms with Crippen LogP contribution in [-0.4, -0.2) is 27.3 Å². The predicted octanol–water partition coefficient (Wildman–Crippen LogP) is 5.30. The summed E-state index contributed by atoms with van der Waals surface area (Å²) in [5.41, 5.74) is 0. The van der Waals surface area contributed by atoms with Crippen molar-refractivity contribution in [3.05, 3.63) is 5.32 Å². The first kappa shape index (κ1) is 18.8. The molecule has 0 aliphatic heterocycles. The third-order valence-corrected chi connectivity index (χ3v) is 3.75. The van der Waals surface area contributed by atoms with E-state index in [1.54, 1.807) is 0 Å². The fourth-order valence-corrected chi connectivity index (χ4v) is 3.12. The number of rotatable bonds is 8. The Morgan fingerprint density at radius 1 is 0.812 bits per heavy atom. The molecule has 0 aromatic rings. The molecule has 0 bridgehead atoms. The number of nitrogens with zero attached hydrogens (tertiary/aromatic N) is 1. The van der Waals surface area contributed by atoms with Crippen molar-refractivity contribution >= 4 is 15.2 Å². The quantitative estimate of drug-likeness (QED) is 0.404. The van der Waals surface area contributed by atoms with Gasteiger partial charge in [-0.2, -0.15) is 0 Å². The Morgan fingerprint density at radius 3 is 1.38 bits per heavy atom. The van der Waals surface area contributed by atoms with Crippen LogP contribution in [-0.2, 0) is 0 Å². The molecule has 0 aromatic carbocycles. The second-order valence-corrected chi connectivity index (χ2v) is 6.64. The van der Waals surface area contributed by atoms with Gasteiger partial charge in [0, 0.05) is 0 Å². The molecule has 16 heavy (non-hydrogen) atoms. The van der Waals surface area contributed by atoms with Crippen LogP contribution in [0.15, 0.2) is 0 Å². The molecule has 0 radical (unpaired) electrons.